The number of phenolic OH excluding ortho intramolecular Hbond substituents is 1. The van der Waals surface area contributed by atoms with Crippen molar-refractivity contribution < 1.29 is 88.6 Å². The van der Waals surface area contributed by atoms with Crippen molar-refractivity contribution in [2.75, 3.05) is 18.5 Å². The molecule has 0 bridgehead atoms. The fourth-order valence-electron chi connectivity index (χ4n) is 5.78. The predicted molar refractivity (Wildman–Crippen MR) is 217 cm³/mol. The van der Waals surface area contributed by atoms with E-state index in [1.807, 2.05) is 0 Å². The topological polar surface area (TPSA) is 403 Å². The van der Waals surface area contributed by atoms with E-state index in [9.17, 15) is 64.1 Å². The van der Waals surface area contributed by atoms with Gasteiger partial charge in [0.05, 0.1) is 64.9 Å². The van der Waals surface area contributed by atoms with Crippen LogP contribution in [0.15, 0.2) is 113 Å². The summed E-state index contributed by atoms with van der Waals surface area (Å²) in [6, 6.07) is 12.6. The third-order valence-electron chi connectivity index (χ3n) is 8.71. The van der Waals surface area contributed by atoms with Crippen LogP contribution in [0, 0.1) is 7.11 Å². The minimum absolute atomic E-state index is 0.0993. The SMILES string of the molecule is [CH2]OC(C(O)CO)C(O)C(O)CNC(=O)Nc1ccc(S(=O)(=O)O)c2cc(S(=O)(=O)O)c(N=Nc3ccc(N=Nc4ccc(S(=O)(=O)O)cc4)c4ccc(SOOO)cc34)c(O)c12. The molecule has 0 saturated carbocycles. The number of amides is 2. The Labute approximate surface area is 359 Å². The van der Waals surface area contributed by atoms with Crippen LogP contribution in [0.2, 0.25) is 0 Å². The van der Waals surface area contributed by atoms with Crippen LogP contribution in [-0.2, 0) is 44.5 Å². The van der Waals surface area contributed by atoms with Crippen molar-refractivity contribution in [1.82, 2.24) is 5.32 Å². The maximum atomic E-state index is 13.0. The molecule has 0 saturated heterocycles. The third-order valence-corrected chi connectivity index (χ3v) is 11.9. The molecule has 5 aromatic rings. The molecule has 0 fully saturated rings. The Bertz CT molecular complexity index is 2920. The van der Waals surface area contributed by atoms with Gasteiger partial charge in [0.1, 0.15) is 33.8 Å². The first-order valence-electron chi connectivity index (χ1n) is 17.1. The van der Waals surface area contributed by atoms with Gasteiger partial charge in [-0.05, 0) is 66.7 Å². The highest BCUT2D eigenvalue weighted by Crippen LogP contribution is 2.47. The summed E-state index contributed by atoms with van der Waals surface area (Å²) in [5.74, 6) is -1.21. The first-order valence-corrected chi connectivity index (χ1v) is 22.2. The molecule has 4 atom stereocenters. The van der Waals surface area contributed by atoms with Crippen molar-refractivity contribution in [3.8, 4) is 5.75 Å². The largest absolute Gasteiger partial charge is 0.505 e. The van der Waals surface area contributed by atoms with Gasteiger partial charge in [0.25, 0.3) is 30.4 Å². The lowest BCUT2D eigenvalue weighted by Gasteiger charge is -2.28. The van der Waals surface area contributed by atoms with E-state index >= 15 is 0 Å². The fourth-order valence-corrected chi connectivity index (χ4v) is 7.98. The number of rotatable bonds is 18. The van der Waals surface area contributed by atoms with Crippen LogP contribution in [0.25, 0.3) is 21.5 Å². The number of azo groups is 2. The molecule has 0 aliphatic heterocycles. The summed E-state index contributed by atoms with van der Waals surface area (Å²) in [6.45, 7) is -1.63. The highest BCUT2D eigenvalue weighted by molar-refractivity contribution is 7.94. The number of hydrogen-bond acceptors (Lipinski definition) is 21. The molecule has 0 aliphatic rings. The van der Waals surface area contributed by atoms with Gasteiger partial charge in [0.15, 0.2) is 5.75 Å². The number of urea groups is 1. The minimum Gasteiger partial charge on any atom is -0.505 e. The van der Waals surface area contributed by atoms with E-state index in [0.29, 0.717) is 24.2 Å². The summed E-state index contributed by atoms with van der Waals surface area (Å²) in [7, 11) is -12.1. The summed E-state index contributed by atoms with van der Waals surface area (Å²) in [6.07, 6.45) is -7.02. The molecule has 0 aliphatic carbocycles. The van der Waals surface area contributed by atoms with Gasteiger partial charge in [-0.25, -0.2) is 10.1 Å². The van der Waals surface area contributed by atoms with Crippen LogP contribution in [0.4, 0.5) is 33.2 Å². The molecular formula is C34H33N6O19S4. The number of aliphatic hydroxyl groups excluding tert-OH is 4. The van der Waals surface area contributed by atoms with E-state index in [4.69, 9.17) is 10.4 Å². The normalized spacial score (nSPS) is 14.6. The molecule has 2 amide bonds. The van der Waals surface area contributed by atoms with E-state index in [-0.39, 0.29) is 32.7 Å². The van der Waals surface area contributed by atoms with Gasteiger partial charge in [-0.1, -0.05) is 11.1 Å². The molecule has 4 unspecified atom stereocenters. The number of phenols is 1. The van der Waals surface area contributed by atoms with Gasteiger partial charge in [0.2, 0.25) is 0 Å². The van der Waals surface area contributed by atoms with E-state index < -0.39 is 117 Å². The number of anilines is 1. The summed E-state index contributed by atoms with van der Waals surface area (Å²) < 4.78 is 112. The lowest BCUT2D eigenvalue weighted by atomic mass is 10.0. The zero-order valence-corrected chi connectivity index (χ0v) is 34.7. The summed E-state index contributed by atoms with van der Waals surface area (Å²) in [4.78, 5) is 10.6. The molecule has 0 heterocycles. The van der Waals surface area contributed by atoms with Gasteiger partial charge in [-0.3, -0.25) is 13.7 Å². The first-order chi connectivity index (χ1) is 29.6. The van der Waals surface area contributed by atoms with Gasteiger partial charge in [-0.15, -0.1) is 19.7 Å². The minimum atomic E-state index is -5.43. The van der Waals surface area contributed by atoms with Crippen LogP contribution >= 0.6 is 12.0 Å². The van der Waals surface area contributed by atoms with Gasteiger partial charge in [-0.2, -0.15) is 30.4 Å². The van der Waals surface area contributed by atoms with Crippen molar-refractivity contribution in [3.63, 3.8) is 0 Å². The number of ether oxygens (including phenoxy) is 1. The second-order valence-corrected chi connectivity index (χ2v) is 17.7. The van der Waals surface area contributed by atoms with Crippen LogP contribution in [0.3, 0.4) is 0 Å². The number of nitrogens with one attached hydrogen (secondary N) is 2. The highest BCUT2D eigenvalue weighted by atomic mass is 32.2. The Kier molecular flexibility index (Phi) is 15.5. The van der Waals surface area contributed by atoms with Gasteiger partial charge in [0, 0.05) is 27.6 Å². The Morgan fingerprint density at radius 3 is 1.97 bits per heavy atom. The standard InChI is InChI=1S/C34H33N6O19S4/c1-57-33(26(43)15-41)31(44)25(42)14-35-34(46)36-24-10-11-27(62(51,52)53)21-13-28(63(54,55)56)30(32(45)29(21)24)40-39-23-9-8-22(19-7-4-17(12-20(19)23)60-59-58-47)38-37-16-2-5-18(6-3-16)61(48,49)50/h2-13,25-26,31,33,41-45,47H,1,14-15H2,(H2,35,36,46)(H,48,49,50)(H,51,52,53)(H,54,55,56). The van der Waals surface area contributed by atoms with Crippen molar-refractivity contribution in [1.29, 1.82) is 0 Å². The molecule has 0 spiro atoms. The van der Waals surface area contributed by atoms with Crippen molar-refractivity contribution >= 4 is 98.4 Å². The zero-order valence-electron chi connectivity index (χ0n) is 31.4. The quantitative estimate of drug-likeness (QED) is 0.0194. The number of carbonyl (C=O) groups excluding carboxylic acids is 1. The number of carbonyl (C=O) groups is 1. The van der Waals surface area contributed by atoms with Crippen LogP contribution in [-0.4, -0.2) is 113 Å². The van der Waals surface area contributed by atoms with Crippen molar-refractivity contribution in [3.05, 3.63) is 79.9 Å². The molecular weight excluding hydrogens is 925 g/mol. The molecule has 29 heteroatoms. The predicted octanol–water partition coefficient (Wildman–Crippen LogP) is 4.07. The smallest absolute Gasteiger partial charge is 0.319 e. The van der Waals surface area contributed by atoms with Crippen molar-refractivity contribution in [2.24, 2.45) is 20.5 Å². The molecule has 0 aromatic heterocycles. The lowest BCUT2D eigenvalue weighted by Crippen LogP contribution is -2.50. The maximum absolute atomic E-state index is 13.0. The van der Waals surface area contributed by atoms with E-state index in [2.05, 4.69) is 52.3 Å². The lowest BCUT2D eigenvalue weighted by molar-refractivity contribution is -0.432. The molecule has 63 heavy (non-hydrogen) atoms. The number of nitrogens with zero attached hydrogens (tertiary/aromatic N) is 4. The number of aliphatic hydroxyl groups is 4. The molecule has 1 radical (unpaired) electrons. The number of fused-ring (bicyclic) bond motifs is 2. The number of benzene rings is 5. The molecule has 11 N–H and O–H groups in total. The summed E-state index contributed by atoms with van der Waals surface area (Å²) in [5, 5.41) is 83.2. The van der Waals surface area contributed by atoms with Crippen molar-refractivity contribution in [2.45, 2.75) is 44.0 Å². The molecule has 337 valence electrons. The molecule has 25 nitrogen and oxygen atoms in total. The molecule has 5 aromatic carbocycles. The Morgan fingerprint density at radius 2 is 1.38 bits per heavy atom. The van der Waals surface area contributed by atoms with E-state index in [0.717, 1.165) is 18.2 Å². The highest BCUT2D eigenvalue weighted by Gasteiger charge is 2.33. The van der Waals surface area contributed by atoms with Crippen LogP contribution in [0.5, 0.6) is 5.75 Å². The van der Waals surface area contributed by atoms with Gasteiger partial charge < -0.3 is 40.9 Å². The van der Waals surface area contributed by atoms with E-state index in [1.54, 1.807) is 0 Å². The first kappa shape index (κ1) is 48.7. The van der Waals surface area contributed by atoms with Crippen LogP contribution < -0.4 is 10.6 Å². The second kappa shape index (κ2) is 20.0. The Morgan fingerprint density at radius 1 is 0.746 bits per heavy atom. The second-order valence-electron chi connectivity index (χ2n) is 12.7. The maximum Gasteiger partial charge on any atom is 0.319 e. The third kappa shape index (κ3) is 11.6. The summed E-state index contributed by atoms with van der Waals surface area (Å²) >= 11 is 0.524. The Hall–Kier alpha value is -5.35. The Balaban J connectivity index is 1.61. The monoisotopic (exact) mass is 957 g/mol. The average molecular weight is 958 g/mol. The fraction of sp³-hybridized carbons (Fsp3) is 0.176. The molecule has 5 rings (SSSR count). The summed E-state index contributed by atoms with van der Waals surface area (Å²) in [5.41, 5.74) is -1.27. The van der Waals surface area contributed by atoms with Gasteiger partial charge >= 0.3 is 6.03 Å². The average Bonchev–Trinajstić information content (AvgIpc) is 3.22. The van der Waals surface area contributed by atoms with Crippen LogP contribution in [0.1, 0.15) is 0 Å². The number of aromatic hydroxyl groups is 1. The van der Waals surface area contributed by atoms with E-state index in [1.165, 1.54) is 42.5 Å². The zero-order chi connectivity index (χ0) is 46.4. The number of hydrogen-bond donors (Lipinski definition) is 11.